The predicted octanol–water partition coefficient (Wildman–Crippen LogP) is 2.69. The smallest absolute Gasteiger partial charge is 0.219 e. The summed E-state index contributed by atoms with van der Waals surface area (Å²) in [6, 6.07) is 4.68. The van der Waals surface area contributed by atoms with Gasteiger partial charge in [-0.1, -0.05) is 13.8 Å². The van der Waals surface area contributed by atoms with E-state index in [1.54, 1.807) is 6.92 Å². The third-order valence-corrected chi connectivity index (χ3v) is 4.25. The lowest BCUT2D eigenvalue weighted by Gasteiger charge is -2.32. The molecule has 0 aliphatic carbocycles. The van der Waals surface area contributed by atoms with E-state index in [4.69, 9.17) is 4.98 Å². The van der Waals surface area contributed by atoms with Crippen LogP contribution in [0.5, 0.6) is 0 Å². The van der Waals surface area contributed by atoms with Crippen molar-refractivity contribution in [3.63, 3.8) is 0 Å². The Morgan fingerprint density at radius 2 is 1.95 bits per heavy atom. The lowest BCUT2D eigenvalue weighted by Crippen LogP contribution is -2.41. The molecule has 1 N–H and O–H groups in total. The second kappa shape index (κ2) is 6.99. The molecule has 5 heteroatoms. The second-order valence-electron chi connectivity index (χ2n) is 6.62. The number of nitrogens with zero attached hydrogens (tertiary/aromatic N) is 3. The molecular formula is C17H28N4O. The van der Waals surface area contributed by atoms with Crippen molar-refractivity contribution >= 4 is 17.5 Å². The van der Waals surface area contributed by atoms with Crippen LogP contribution in [0.1, 0.15) is 45.1 Å². The van der Waals surface area contributed by atoms with Crippen molar-refractivity contribution in [1.82, 2.24) is 9.88 Å². The van der Waals surface area contributed by atoms with Gasteiger partial charge in [0, 0.05) is 40.2 Å². The van der Waals surface area contributed by atoms with Crippen molar-refractivity contribution in [1.29, 1.82) is 0 Å². The number of anilines is 2. The number of likely N-dealkylation sites (tertiary alicyclic amines) is 1. The van der Waals surface area contributed by atoms with Gasteiger partial charge in [-0.3, -0.25) is 4.79 Å². The predicted molar refractivity (Wildman–Crippen MR) is 91.6 cm³/mol. The number of pyridine rings is 1. The molecule has 5 nitrogen and oxygen atoms in total. The van der Waals surface area contributed by atoms with Crippen molar-refractivity contribution in [3.8, 4) is 0 Å². The Morgan fingerprint density at radius 1 is 1.32 bits per heavy atom. The molecule has 1 fully saturated rings. The average molecular weight is 304 g/mol. The molecule has 1 aromatic heterocycles. The Morgan fingerprint density at radius 3 is 2.45 bits per heavy atom. The summed E-state index contributed by atoms with van der Waals surface area (Å²) in [5, 5.41) is 3.56. The molecule has 0 saturated carbocycles. The zero-order valence-electron chi connectivity index (χ0n) is 14.4. The maximum atomic E-state index is 11.4. The minimum absolute atomic E-state index is 0.174. The van der Waals surface area contributed by atoms with E-state index in [9.17, 15) is 4.79 Å². The SMILES string of the molecule is CC(=O)N1CCC(Nc2cc(C(C)C)cc(N(C)C)n2)CC1. The van der Waals surface area contributed by atoms with Crippen molar-refractivity contribution in [2.24, 2.45) is 0 Å². The standard InChI is InChI=1S/C17H28N4O/c1-12(2)14-10-16(19-17(11-14)20(4)5)18-15-6-8-21(9-7-15)13(3)22/h10-12,15H,6-9H2,1-5H3,(H,18,19). The summed E-state index contributed by atoms with van der Waals surface area (Å²) >= 11 is 0. The van der Waals surface area contributed by atoms with Gasteiger partial charge in [0.25, 0.3) is 0 Å². The first-order valence-electron chi connectivity index (χ1n) is 8.08. The summed E-state index contributed by atoms with van der Waals surface area (Å²) in [5.41, 5.74) is 1.29. The number of carbonyl (C=O) groups excluding carboxylic acids is 1. The van der Waals surface area contributed by atoms with Gasteiger partial charge in [0.15, 0.2) is 0 Å². The van der Waals surface area contributed by atoms with Crippen LogP contribution < -0.4 is 10.2 Å². The Labute approximate surface area is 133 Å². The topological polar surface area (TPSA) is 48.5 Å². The second-order valence-corrected chi connectivity index (χ2v) is 6.62. The molecule has 22 heavy (non-hydrogen) atoms. The van der Waals surface area contributed by atoms with Crippen molar-refractivity contribution in [2.45, 2.75) is 45.6 Å². The molecule has 1 aliphatic heterocycles. The fraction of sp³-hybridized carbons (Fsp3) is 0.647. The largest absolute Gasteiger partial charge is 0.367 e. The molecular weight excluding hydrogens is 276 g/mol. The maximum absolute atomic E-state index is 11.4. The van der Waals surface area contributed by atoms with Crippen LogP contribution in [0.25, 0.3) is 0 Å². The van der Waals surface area contributed by atoms with Gasteiger partial charge in [0.1, 0.15) is 11.6 Å². The summed E-state index contributed by atoms with van der Waals surface area (Å²) in [7, 11) is 4.03. The maximum Gasteiger partial charge on any atom is 0.219 e. The molecule has 2 rings (SSSR count). The van der Waals surface area contributed by atoms with E-state index in [0.717, 1.165) is 37.6 Å². The first kappa shape index (κ1) is 16.6. The molecule has 0 unspecified atom stereocenters. The molecule has 1 aromatic rings. The fourth-order valence-corrected chi connectivity index (χ4v) is 2.72. The zero-order chi connectivity index (χ0) is 16.3. The number of nitrogens with one attached hydrogen (secondary N) is 1. The van der Waals surface area contributed by atoms with E-state index in [0.29, 0.717) is 12.0 Å². The van der Waals surface area contributed by atoms with Crippen molar-refractivity contribution in [2.75, 3.05) is 37.4 Å². The fourth-order valence-electron chi connectivity index (χ4n) is 2.72. The van der Waals surface area contributed by atoms with Gasteiger partial charge in [0.2, 0.25) is 5.91 Å². The number of hydrogen-bond donors (Lipinski definition) is 1. The third-order valence-electron chi connectivity index (χ3n) is 4.25. The lowest BCUT2D eigenvalue weighted by atomic mass is 10.0. The highest BCUT2D eigenvalue weighted by Gasteiger charge is 2.21. The number of amides is 1. The minimum atomic E-state index is 0.174. The number of piperidine rings is 1. The van der Waals surface area contributed by atoms with Gasteiger partial charge in [0.05, 0.1) is 0 Å². The molecule has 1 saturated heterocycles. The van der Waals surface area contributed by atoms with Crippen LogP contribution >= 0.6 is 0 Å². The van der Waals surface area contributed by atoms with E-state index >= 15 is 0 Å². The normalized spacial score (nSPS) is 16.0. The summed E-state index contributed by atoms with van der Waals surface area (Å²) in [4.78, 5) is 20.0. The van der Waals surface area contributed by atoms with Crippen molar-refractivity contribution < 1.29 is 4.79 Å². The van der Waals surface area contributed by atoms with E-state index in [2.05, 4.69) is 31.3 Å². The molecule has 0 bridgehead atoms. The van der Waals surface area contributed by atoms with E-state index in [-0.39, 0.29) is 5.91 Å². The Bertz CT molecular complexity index is 493. The summed E-state index contributed by atoms with van der Waals surface area (Å²) < 4.78 is 0. The van der Waals surface area contributed by atoms with Crippen LogP contribution in [0.3, 0.4) is 0 Å². The van der Waals surface area contributed by atoms with Crippen LogP contribution in [0.15, 0.2) is 12.1 Å². The van der Waals surface area contributed by atoms with Gasteiger partial charge < -0.3 is 15.1 Å². The molecule has 0 radical (unpaired) electrons. The monoisotopic (exact) mass is 304 g/mol. The van der Waals surface area contributed by atoms with Crippen molar-refractivity contribution in [3.05, 3.63) is 17.7 Å². The highest BCUT2D eigenvalue weighted by Crippen LogP contribution is 2.24. The van der Waals surface area contributed by atoms with Crippen LogP contribution in [0, 0.1) is 0 Å². The molecule has 1 amide bonds. The molecule has 122 valence electrons. The van der Waals surface area contributed by atoms with E-state index in [1.165, 1.54) is 5.56 Å². The number of carbonyl (C=O) groups is 1. The summed E-state index contributed by atoms with van der Waals surface area (Å²) in [6.45, 7) is 7.70. The zero-order valence-corrected chi connectivity index (χ0v) is 14.4. The summed E-state index contributed by atoms with van der Waals surface area (Å²) in [5.74, 6) is 2.57. The van der Waals surface area contributed by atoms with Gasteiger partial charge in [-0.25, -0.2) is 4.98 Å². The van der Waals surface area contributed by atoms with Gasteiger partial charge in [-0.2, -0.15) is 0 Å². The quantitative estimate of drug-likeness (QED) is 0.929. The average Bonchev–Trinajstić information content (AvgIpc) is 2.47. The van der Waals surface area contributed by atoms with Gasteiger partial charge >= 0.3 is 0 Å². The van der Waals surface area contributed by atoms with Crippen LogP contribution in [-0.4, -0.2) is 49.0 Å². The molecule has 1 aliphatic rings. The molecule has 0 atom stereocenters. The van der Waals surface area contributed by atoms with Crippen LogP contribution in [0.4, 0.5) is 11.6 Å². The van der Waals surface area contributed by atoms with E-state index in [1.807, 2.05) is 23.9 Å². The number of aromatic nitrogens is 1. The minimum Gasteiger partial charge on any atom is -0.367 e. The molecule has 0 aromatic carbocycles. The molecule has 0 spiro atoms. The van der Waals surface area contributed by atoms with Gasteiger partial charge in [-0.15, -0.1) is 0 Å². The van der Waals surface area contributed by atoms with E-state index < -0.39 is 0 Å². The van der Waals surface area contributed by atoms with Crippen LogP contribution in [0.2, 0.25) is 0 Å². The number of hydrogen-bond acceptors (Lipinski definition) is 4. The highest BCUT2D eigenvalue weighted by molar-refractivity contribution is 5.73. The Balaban J connectivity index is 2.08. The number of rotatable bonds is 4. The lowest BCUT2D eigenvalue weighted by molar-refractivity contribution is -0.129. The first-order chi connectivity index (χ1) is 10.4. The summed E-state index contributed by atoms with van der Waals surface area (Å²) in [6.07, 6.45) is 1.95. The Kier molecular flexibility index (Phi) is 5.27. The highest BCUT2D eigenvalue weighted by atomic mass is 16.2. The van der Waals surface area contributed by atoms with Crippen LogP contribution in [-0.2, 0) is 4.79 Å². The first-order valence-corrected chi connectivity index (χ1v) is 8.08. The molecule has 2 heterocycles. The van der Waals surface area contributed by atoms with Gasteiger partial charge in [-0.05, 0) is 36.5 Å². The Hall–Kier alpha value is -1.78. The third kappa shape index (κ3) is 4.12.